The molecule has 0 spiro atoms. The molecule has 0 unspecified atom stereocenters. The number of hydrogen-bond acceptors (Lipinski definition) is 3. The number of pyridine rings is 1. The number of rotatable bonds is 1. The first kappa shape index (κ1) is 11.4. The number of nitrogens with zero attached hydrogens (tertiary/aromatic N) is 2. The lowest BCUT2D eigenvalue weighted by atomic mass is 9.96. The molecule has 0 aliphatic rings. The highest BCUT2D eigenvalue weighted by Crippen LogP contribution is 2.27. The van der Waals surface area contributed by atoms with E-state index in [2.05, 4.69) is 4.98 Å². The topological polar surface area (TPSA) is 80.6 Å². The fraction of sp³-hybridized carbons (Fsp3) is 0.333. The molecule has 2 rings (SSSR count). The number of anilines is 1. The number of fused-ring (bicyclic) bond motifs is 1. The van der Waals surface area contributed by atoms with Gasteiger partial charge in [-0.05, 0) is 12.1 Å². The number of carbonyl (C=O) groups is 1. The molecule has 0 aliphatic heterocycles. The van der Waals surface area contributed by atoms with Gasteiger partial charge in [-0.2, -0.15) is 0 Å². The Balaban J connectivity index is 2.90. The van der Waals surface area contributed by atoms with Crippen LogP contribution in [0.15, 0.2) is 18.3 Å². The van der Waals surface area contributed by atoms with Gasteiger partial charge in [-0.3, -0.25) is 0 Å². The number of aromatic carboxylic acids is 1. The van der Waals surface area contributed by atoms with Gasteiger partial charge in [-0.15, -0.1) is 0 Å². The van der Waals surface area contributed by atoms with Crippen molar-refractivity contribution in [2.24, 2.45) is 0 Å². The largest absolute Gasteiger partial charge is 0.476 e. The Morgan fingerprint density at radius 1 is 1.47 bits per heavy atom. The van der Waals surface area contributed by atoms with Crippen LogP contribution in [0.25, 0.3) is 5.52 Å². The summed E-state index contributed by atoms with van der Waals surface area (Å²) in [7, 11) is 0. The van der Waals surface area contributed by atoms with Crippen LogP contribution in [0.2, 0.25) is 0 Å². The molecule has 5 nitrogen and oxygen atoms in total. The van der Waals surface area contributed by atoms with E-state index >= 15 is 0 Å². The van der Waals surface area contributed by atoms with Gasteiger partial charge in [-0.1, -0.05) is 20.8 Å². The normalized spacial score (nSPS) is 11.9. The van der Waals surface area contributed by atoms with Gasteiger partial charge in [-0.25, -0.2) is 9.78 Å². The third kappa shape index (κ3) is 1.73. The Morgan fingerprint density at radius 2 is 2.12 bits per heavy atom. The quantitative estimate of drug-likeness (QED) is 0.788. The van der Waals surface area contributed by atoms with Crippen molar-refractivity contribution in [1.82, 2.24) is 9.38 Å². The van der Waals surface area contributed by atoms with Gasteiger partial charge in [0.2, 0.25) is 0 Å². The van der Waals surface area contributed by atoms with E-state index < -0.39 is 5.97 Å². The molecule has 2 aromatic rings. The van der Waals surface area contributed by atoms with Crippen LogP contribution in [-0.2, 0) is 5.41 Å². The van der Waals surface area contributed by atoms with Gasteiger partial charge in [0, 0.05) is 11.6 Å². The summed E-state index contributed by atoms with van der Waals surface area (Å²) in [5, 5.41) is 9.15. The van der Waals surface area contributed by atoms with Gasteiger partial charge in [0.25, 0.3) is 0 Å². The molecule has 2 heterocycles. The van der Waals surface area contributed by atoms with Crippen molar-refractivity contribution in [3.05, 3.63) is 29.8 Å². The standard InChI is InChI=1S/C12H15N3O2/c1-12(2,3)11-14-8(10(16)17)9-7(13)5-4-6-15(9)11/h4-6H,13H2,1-3H3,(H,16,17). The van der Waals surface area contributed by atoms with Crippen LogP contribution in [-0.4, -0.2) is 20.5 Å². The van der Waals surface area contributed by atoms with Gasteiger partial charge in [0.1, 0.15) is 11.3 Å². The molecule has 0 saturated heterocycles. The van der Waals surface area contributed by atoms with Crippen LogP contribution < -0.4 is 5.73 Å². The van der Waals surface area contributed by atoms with Crippen molar-refractivity contribution in [1.29, 1.82) is 0 Å². The highest BCUT2D eigenvalue weighted by molar-refractivity contribution is 5.97. The minimum atomic E-state index is -1.06. The predicted octanol–water partition coefficient (Wildman–Crippen LogP) is 1.91. The number of hydrogen-bond donors (Lipinski definition) is 2. The van der Waals surface area contributed by atoms with E-state index in [1.54, 1.807) is 22.7 Å². The van der Waals surface area contributed by atoms with Crippen LogP contribution in [0.1, 0.15) is 37.1 Å². The number of imidazole rings is 1. The van der Waals surface area contributed by atoms with Crippen molar-refractivity contribution in [2.75, 3.05) is 5.73 Å². The molecule has 5 heteroatoms. The van der Waals surface area contributed by atoms with E-state index in [-0.39, 0.29) is 11.1 Å². The second-order valence-corrected chi connectivity index (χ2v) is 5.02. The van der Waals surface area contributed by atoms with E-state index in [1.807, 2.05) is 20.8 Å². The minimum absolute atomic E-state index is 0.00743. The molecule has 0 saturated carbocycles. The number of nitrogen functional groups attached to an aromatic ring is 1. The summed E-state index contributed by atoms with van der Waals surface area (Å²) in [4.78, 5) is 15.4. The first-order valence-corrected chi connectivity index (χ1v) is 5.32. The highest BCUT2D eigenvalue weighted by atomic mass is 16.4. The second kappa shape index (κ2) is 3.48. The van der Waals surface area contributed by atoms with Gasteiger partial charge < -0.3 is 15.2 Å². The molecule has 2 aromatic heterocycles. The van der Waals surface area contributed by atoms with Gasteiger partial charge >= 0.3 is 5.97 Å². The number of carboxylic acids is 1. The van der Waals surface area contributed by atoms with Crippen molar-refractivity contribution in [3.63, 3.8) is 0 Å². The summed E-state index contributed by atoms with van der Waals surface area (Å²) in [6.07, 6.45) is 1.78. The Bertz CT molecular complexity index is 594. The molecule has 3 N–H and O–H groups in total. The van der Waals surface area contributed by atoms with Crippen molar-refractivity contribution in [2.45, 2.75) is 26.2 Å². The van der Waals surface area contributed by atoms with Gasteiger partial charge in [0.05, 0.1) is 5.69 Å². The first-order valence-electron chi connectivity index (χ1n) is 5.32. The zero-order valence-electron chi connectivity index (χ0n) is 10.1. The highest BCUT2D eigenvalue weighted by Gasteiger charge is 2.25. The van der Waals surface area contributed by atoms with Gasteiger partial charge in [0.15, 0.2) is 5.69 Å². The van der Waals surface area contributed by atoms with Crippen molar-refractivity contribution in [3.8, 4) is 0 Å². The Kier molecular flexibility index (Phi) is 2.34. The molecular weight excluding hydrogens is 218 g/mol. The third-order valence-electron chi connectivity index (χ3n) is 2.57. The second-order valence-electron chi connectivity index (χ2n) is 5.02. The van der Waals surface area contributed by atoms with E-state index in [0.717, 1.165) is 0 Å². The number of nitrogens with two attached hydrogens (primary N) is 1. The smallest absolute Gasteiger partial charge is 0.356 e. The lowest BCUT2D eigenvalue weighted by molar-refractivity contribution is 0.0693. The predicted molar refractivity (Wildman–Crippen MR) is 65.3 cm³/mol. The van der Waals surface area contributed by atoms with Crippen LogP contribution in [0.5, 0.6) is 0 Å². The lowest BCUT2D eigenvalue weighted by Crippen LogP contribution is -2.16. The summed E-state index contributed by atoms with van der Waals surface area (Å²) in [6, 6.07) is 3.46. The van der Waals surface area contributed by atoms with Crippen molar-refractivity contribution < 1.29 is 9.90 Å². The molecule has 0 radical (unpaired) electrons. The summed E-state index contributed by atoms with van der Waals surface area (Å²) in [5.41, 5.74) is 6.48. The molecular formula is C12H15N3O2. The van der Waals surface area contributed by atoms with Crippen molar-refractivity contribution >= 4 is 17.2 Å². The van der Waals surface area contributed by atoms with E-state index in [9.17, 15) is 4.79 Å². The molecule has 90 valence electrons. The van der Waals surface area contributed by atoms with Crippen LogP contribution in [0, 0.1) is 0 Å². The Morgan fingerprint density at radius 3 is 2.65 bits per heavy atom. The summed E-state index contributed by atoms with van der Waals surface area (Å²) in [6.45, 7) is 5.95. The zero-order chi connectivity index (χ0) is 12.8. The van der Waals surface area contributed by atoms with Crippen LogP contribution in [0.4, 0.5) is 5.69 Å². The molecule has 0 bridgehead atoms. The fourth-order valence-corrected chi connectivity index (χ4v) is 1.84. The fourth-order valence-electron chi connectivity index (χ4n) is 1.84. The maximum atomic E-state index is 11.2. The van der Waals surface area contributed by atoms with E-state index in [1.165, 1.54) is 0 Å². The molecule has 0 atom stereocenters. The Labute approximate surface area is 98.9 Å². The summed E-state index contributed by atoms with van der Waals surface area (Å²) < 4.78 is 1.75. The zero-order valence-corrected chi connectivity index (χ0v) is 10.1. The van der Waals surface area contributed by atoms with E-state index in [0.29, 0.717) is 17.0 Å². The average Bonchev–Trinajstić information content (AvgIpc) is 2.57. The van der Waals surface area contributed by atoms with Crippen LogP contribution in [0.3, 0.4) is 0 Å². The maximum absolute atomic E-state index is 11.2. The molecule has 0 amide bonds. The third-order valence-corrected chi connectivity index (χ3v) is 2.57. The maximum Gasteiger partial charge on any atom is 0.356 e. The monoisotopic (exact) mass is 233 g/mol. The van der Waals surface area contributed by atoms with E-state index in [4.69, 9.17) is 10.8 Å². The number of carboxylic acid groups (broad SMARTS) is 1. The lowest BCUT2D eigenvalue weighted by Gasteiger charge is -2.16. The molecule has 0 aliphatic carbocycles. The van der Waals surface area contributed by atoms with Crippen LogP contribution >= 0.6 is 0 Å². The summed E-state index contributed by atoms with van der Waals surface area (Å²) >= 11 is 0. The average molecular weight is 233 g/mol. The molecule has 0 fully saturated rings. The summed E-state index contributed by atoms with van der Waals surface area (Å²) in [5.74, 6) is -0.367. The first-order chi connectivity index (χ1) is 7.82. The Hall–Kier alpha value is -2.04. The number of aromatic nitrogens is 2. The SMILES string of the molecule is CC(C)(C)c1nc(C(=O)O)c2c(N)cccn12. The molecule has 0 aromatic carbocycles. The minimum Gasteiger partial charge on any atom is -0.476 e. The molecule has 17 heavy (non-hydrogen) atoms.